The van der Waals surface area contributed by atoms with Crippen LogP contribution in [0.1, 0.15) is 56.9 Å². The van der Waals surface area contributed by atoms with Gasteiger partial charge in [-0.3, -0.25) is 9.89 Å². The first-order valence-corrected chi connectivity index (χ1v) is 12.0. The number of amides is 1. The van der Waals surface area contributed by atoms with Crippen LogP contribution in [0.2, 0.25) is 0 Å². The molecule has 0 atom stereocenters. The van der Waals surface area contributed by atoms with Crippen LogP contribution in [0.25, 0.3) is 44.6 Å². The standard InChI is InChI=1S/C26H27N7O2/c1-14(2)22-19-12-17(26-32-31-25(35-26)16-7-10-33(11-8-16)15(3)34)4-5-21(19)29-23(22)18-6-9-27-24-20(18)13-28-30-24/h4-6,9,12-14,16,29H,7-8,10-11H2,1-3H3,(H,27,28,30). The molecule has 5 aromatic rings. The van der Waals surface area contributed by atoms with Gasteiger partial charge < -0.3 is 14.3 Å². The lowest BCUT2D eigenvalue weighted by Gasteiger charge is -2.29. The van der Waals surface area contributed by atoms with Crippen molar-refractivity contribution in [2.45, 2.75) is 45.4 Å². The molecular weight excluding hydrogens is 442 g/mol. The number of hydrogen-bond acceptors (Lipinski definition) is 6. The maximum atomic E-state index is 11.6. The minimum atomic E-state index is 0.120. The van der Waals surface area contributed by atoms with E-state index in [2.05, 4.69) is 56.3 Å². The van der Waals surface area contributed by atoms with Gasteiger partial charge in [0.15, 0.2) is 5.65 Å². The van der Waals surface area contributed by atoms with Crippen LogP contribution in [0.3, 0.4) is 0 Å². The zero-order chi connectivity index (χ0) is 24.1. The van der Waals surface area contributed by atoms with Crippen molar-refractivity contribution >= 4 is 27.8 Å². The van der Waals surface area contributed by atoms with Crippen LogP contribution < -0.4 is 0 Å². The van der Waals surface area contributed by atoms with E-state index >= 15 is 0 Å². The normalized spacial score (nSPS) is 15.0. The monoisotopic (exact) mass is 469 g/mol. The number of nitrogens with one attached hydrogen (secondary N) is 2. The number of rotatable bonds is 4. The molecule has 9 nitrogen and oxygen atoms in total. The summed E-state index contributed by atoms with van der Waals surface area (Å²) in [7, 11) is 0. The maximum absolute atomic E-state index is 11.6. The third-order valence-corrected chi connectivity index (χ3v) is 7.02. The lowest BCUT2D eigenvalue weighted by atomic mass is 9.95. The molecule has 0 bridgehead atoms. The summed E-state index contributed by atoms with van der Waals surface area (Å²) in [6.07, 6.45) is 5.30. The van der Waals surface area contributed by atoms with Crippen molar-refractivity contribution in [1.82, 2.24) is 35.3 Å². The van der Waals surface area contributed by atoms with Gasteiger partial charge in [0.1, 0.15) is 0 Å². The second-order valence-corrected chi connectivity index (χ2v) is 9.55. The second kappa shape index (κ2) is 8.33. The summed E-state index contributed by atoms with van der Waals surface area (Å²) >= 11 is 0. The van der Waals surface area contributed by atoms with Gasteiger partial charge in [0.05, 0.1) is 11.9 Å². The third kappa shape index (κ3) is 3.67. The van der Waals surface area contributed by atoms with Crippen LogP contribution in [0.15, 0.2) is 41.1 Å². The first-order chi connectivity index (χ1) is 17.0. The quantitative estimate of drug-likeness (QED) is 0.382. The molecule has 0 unspecified atom stereocenters. The predicted molar refractivity (Wildman–Crippen MR) is 133 cm³/mol. The van der Waals surface area contributed by atoms with E-state index in [-0.39, 0.29) is 17.7 Å². The highest BCUT2D eigenvalue weighted by Gasteiger charge is 2.26. The summed E-state index contributed by atoms with van der Waals surface area (Å²) in [5, 5.41) is 18.0. The van der Waals surface area contributed by atoms with E-state index in [4.69, 9.17) is 4.42 Å². The number of benzene rings is 1. The first kappa shape index (κ1) is 21.5. The molecule has 1 amide bonds. The number of H-pyrrole nitrogens is 2. The molecule has 1 aliphatic rings. The van der Waals surface area contributed by atoms with Crippen LogP contribution in [-0.4, -0.2) is 54.3 Å². The van der Waals surface area contributed by atoms with Gasteiger partial charge in [-0.15, -0.1) is 10.2 Å². The van der Waals surface area contributed by atoms with Crippen molar-refractivity contribution in [3.63, 3.8) is 0 Å². The van der Waals surface area contributed by atoms with Gasteiger partial charge in [0.2, 0.25) is 17.7 Å². The minimum Gasteiger partial charge on any atom is -0.420 e. The SMILES string of the molecule is CC(=O)N1CCC(c2nnc(-c3ccc4[nH]c(-c5ccnc6[nH]ncc56)c(C(C)C)c4c3)o2)CC1. The largest absolute Gasteiger partial charge is 0.420 e. The Labute approximate surface area is 202 Å². The minimum absolute atomic E-state index is 0.120. The fraction of sp³-hybridized carbons (Fsp3) is 0.346. The molecule has 178 valence electrons. The lowest BCUT2D eigenvalue weighted by Crippen LogP contribution is -2.36. The Balaban J connectivity index is 1.37. The molecule has 1 saturated heterocycles. The first-order valence-electron chi connectivity index (χ1n) is 12.0. The Morgan fingerprint density at radius 1 is 1.14 bits per heavy atom. The van der Waals surface area contributed by atoms with E-state index in [9.17, 15) is 4.79 Å². The summed E-state index contributed by atoms with van der Waals surface area (Å²) in [5.41, 5.74) is 6.09. The molecule has 35 heavy (non-hydrogen) atoms. The summed E-state index contributed by atoms with van der Waals surface area (Å²) in [6, 6.07) is 8.25. The van der Waals surface area contributed by atoms with Crippen molar-refractivity contribution < 1.29 is 9.21 Å². The molecule has 1 fully saturated rings. The zero-order valence-corrected chi connectivity index (χ0v) is 20.0. The maximum Gasteiger partial charge on any atom is 0.247 e. The summed E-state index contributed by atoms with van der Waals surface area (Å²) < 4.78 is 6.14. The Morgan fingerprint density at radius 2 is 1.97 bits per heavy atom. The van der Waals surface area contributed by atoms with Gasteiger partial charge in [0.25, 0.3) is 0 Å². The predicted octanol–water partition coefficient (Wildman–Crippen LogP) is 5.01. The van der Waals surface area contributed by atoms with Crippen LogP contribution >= 0.6 is 0 Å². The fourth-order valence-corrected chi connectivity index (χ4v) is 5.18. The number of hydrogen-bond donors (Lipinski definition) is 2. The topological polar surface area (TPSA) is 117 Å². The summed E-state index contributed by atoms with van der Waals surface area (Å²) in [5.74, 6) is 1.77. The Morgan fingerprint density at radius 3 is 2.74 bits per heavy atom. The van der Waals surface area contributed by atoms with Crippen LogP contribution in [0.4, 0.5) is 0 Å². The number of likely N-dealkylation sites (tertiary alicyclic amines) is 1. The molecular formula is C26H27N7O2. The summed E-state index contributed by atoms with van der Waals surface area (Å²) in [4.78, 5) is 21.5. The van der Waals surface area contributed by atoms with E-state index in [1.54, 1.807) is 13.1 Å². The molecule has 1 aliphatic heterocycles. The van der Waals surface area contributed by atoms with Crippen molar-refractivity contribution in [2.24, 2.45) is 0 Å². The smallest absolute Gasteiger partial charge is 0.247 e. The van der Waals surface area contributed by atoms with Crippen molar-refractivity contribution in [3.8, 4) is 22.7 Å². The van der Waals surface area contributed by atoms with Crippen molar-refractivity contribution in [1.29, 1.82) is 0 Å². The lowest BCUT2D eigenvalue weighted by molar-refractivity contribution is -0.129. The Hall–Kier alpha value is -4.01. The molecule has 9 heteroatoms. The third-order valence-electron chi connectivity index (χ3n) is 7.02. The van der Waals surface area contributed by atoms with E-state index in [0.717, 1.165) is 64.7 Å². The average Bonchev–Trinajstić information content (AvgIpc) is 3.61. The van der Waals surface area contributed by atoms with Gasteiger partial charge in [0, 0.05) is 59.5 Å². The number of aromatic nitrogens is 6. The van der Waals surface area contributed by atoms with E-state index < -0.39 is 0 Å². The van der Waals surface area contributed by atoms with Crippen LogP contribution in [-0.2, 0) is 4.79 Å². The highest BCUT2D eigenvalue weighted by Crippen LogP contribution is 2.39. The van der Waals surface area contributed by atoms with Gasteiger partial charge in [-0.25, -0.2) is 4.98 Å². The molecule has 2 N–H and O–H groups in total. The second-order valence-electron chi connectivity index (χ2n) is 9.55. The molecule has 0 saturated carbocycles. The number of fused-ring (bicyclic) bond motifs is 2. The number of carbonyl (C=O) groups excluding carboxylic acids is 1. The van der Waals surface area contributed by atoms with E-state index in [1.807, 2.05) is 23.2 Å². The van der Waals surface area contributed by atoms with E-state index in [0.29, 0.717) is 11.8 Å². The number of piperidine rings is 1. The molecule has 1 aromatic carbocycles. The average molecular weight is 470 g/mol. The molecule has 0 spiro atoms. The van der Waals surface area contributed by atoms with E-state index in [1.165, 1.54) is 5.56 Å². The zero-order valence-electron chi connectivity index (χ0n) is 20.0. The number of aromatic amines is 2. The van der Waals surface area contributed by atoms with Gasteiger partial charge >= 0.3 is 0 Å². The van der Waals surface area contributed by atoms with Crippen LogP contribution in [0.5, 0.6) is 0 Å². The molecule has 0 radical (unpaired) electrons. The summed E-state index contributed by atoms with van der Waals surface area (Å²) in [6.45, 7) is 7.47. The Bertz CT molecular complexity index is 1540. The van der Waals surface area contributed by atoms with Crippen molar-refractivity contribution in [2.75, 3.05) is 13.1 Å². The molecule has 4 aromatic heterocycles. The Kier molecular flexibility index (Phi) is 5.12. The van der Waals surface area contributed by atoms with Gasteiger partial charge in [-0.05, 0) is 48.6 Å². The number of pyridine rings is 1. The molecule has 6 rings (SSSR count). The highest BCUT2D eigenvalue weighted by atomic mass is 16.4. The molecule has 5 heterocycles. The van der Waals surface area contributed by atoms with Crippen molar-refractivity contribution in [3.05, 3.63) is 48.1 Å². The number of carbonyl (C=O) groups is 1. The fourth-order valence-electron chi connectivity index (χ4n) is 5.18. The van der Waals surface area contributed by atoms with Crippen LogP contribution in [0, 0.1) is 0 Å². The highest BCUT2D eigenvalue weighted by molar-refractivity contribution is 5.99. The molecule has 0 aliphatic carbocycles. The number of nitrogens with zero attached hydrogens (tertiary/aromatic N) is 5. The van der Waals surface area contributed by atoms with Gasteiger partial charge in [-0.1, -0.05) is 13.8 Å². The van der Waals surface area contributed by atoms with Gasteiger partial charge in [-0.2, -0.15) is 5.10 Å².